The number of nitro benzene ring substituents is 1. The van der Waals surface area contributed by atoms with Gasteiger partial charge < -0.3 is 10.2 Å². The second-order valence-corrected chi connectivity index (χ2v) is 9.98. The first kappa shape index (κ1) is 23.5. The largest absolute Gasteiger partial charge is 0.372 e. The van der Waals surface area contributed by atoms with Gasteiger partial charge in [0, 0.05) is 30.9 Å². The molecular weight excluding hydrogens is 432 g/mol. The minimum atomic E-state index is -3.85. The summed E-state index contributed by atoms with van der Waals surface area (Å²) >= 11 is 0. The molecule has 172 valence electrons. The van der Waals surface area contributed by atoms with E-state index in [1.54, 1.807) is 6.92 Å². The van der Waals surface area contributed by atoms with Crippen molar-refractivity contribution in [1.82, 2.24) is 5.32 Å². The first-order chi connectivity index (χ1) is 15.1. The van der Waals surface area contributed by atoms with Crippen molar-refractivity contribution in [3.8, 4) is 0 Å². The molecule has 1 heterocycles. The van der Waals surface area contributed by atoms with Crippen LogP contribution in [0.15, 0.2) is 42.5 Å². The Bertz CT molecular complexity index is 1100. The third kappa shape index (κ3) is 5.56. The second-order valence-electron chi connectivity index (χ2n) is 8.07. The number of sulfonamides is 1. The topological polar surface area (TPSA) is 113 Å². The van der Waals surface area contributed by atoms with Crippen LogP contribution in [0.4, 0.5) is 17.1 Å². The van der Waals surface area contributed by atoms with Crippen LogP contribution in [-0.2, 0) is 14.8 Å². The zero-order valence-corrected chi connectivity index (χ0v) is 19.3. The van der Waals surface area contributed by atoms with Crippen LogP contribution in [0.1, 0.15) is 36.9 Å². The lowest BCUT2D eigenvalue weighted by Gasteiger charge is -2.25. The monoisotopic (exact) mass is 460 g/mol. The summed E-state index contributed by atoms with van der Waals surface area (Å²) in [6.07, 6.45) is 3.35. The molecule has 0 aromatic heterocycles. The predicted octanol–water partition coefficient (Wildman–Crippen LogP) is 3.15. The first-order valence-corrected chi connectivity index (χ1v) is 12.3. The van der Waals surface area contributed by atoms with E-state index in [-0.39, 0.29) is 17.4 Å². The lowest BCUT2D eigenvalue weighted by molar-refractivity contribution is -0.384. The van der Waals surface area contributed by atoms with Crippen molar-refractivity contribution in [2.24, 2.45) is 0 Å². The van der Waals surface area contributed by atoms with Crippen molar-refractivity contribution >= 4 is 33.0 Å². The average molecular weight is 461 g/mol. The predicted molar refractivity (Wildman–Crippen MR) is 124 cm³/mol. The molecular formula is C22H28N4O5S. The maximum atomic E-state index is 12.7. The molecule has 9 nitrogen and oxygen atoms in total. The summed E-state index contributed by atoms with van der Waals surface area (Å²) in [5.74, 6) is -0.502. The van der Waals surface area contributed by atoms with Crippen LogP contribution in [-0.4, -0.2) is 45.1 Å². The normalized spacial score (nSPS) is 14.8. The Labute approximate surface area is 188 Å². The maximum absolute atomic E-state index is 12.7. The molecule has 0 radical (unpaired) electrons. The number of non-ortho nitro benzene ring substituents is 1. The molecule has 1 fully saturated rings. The molecule has 0 saturated carbocycles. The van der Waals surface area contributed by atoms with Gasteiger partial charge in [-0.05, 0) is 49.9 Å². The number of hydrogen-bond donors (Lipinski definition) is 1. The van der Waals surface area contributed by atoms with Crippen molar-refractivity contribution in [3.63, 3.8) is 0 Å². The Morgan fingerprint density at radius 2 is 1.81 bits per heavy atom. The highest BCUT2D eigenvalue weighted by Gasteiger charge is 2.25. The highest BCUT2D eigenvalue weighted by atomic mass is 32.2. The molecule has 1 N–H and O–H groups in total. The Morgan fingerprint density at radius 1 is 1.19 bits per heavy atom. The van der Waals surface area contributed by atoms with Crippen LogP contribution in [0.5, 0.6) is 0 Å². The van der Waals surface area contributed by atoms with Crippen molar-refractivity contribution in [2.75, 3.05) is 35.1 Å². The minimum Gasteiger partial charge on any atom is -0.372 e. The van der Waals surface area contributed by atoms with E-state index in [1.165, 1.54) is 31.0 Å². The van der Waals surface area contributed by atoms with Gasteiger partial charge in [0.15, 0.2) is 0 Å². The molecule has 2 aromatic carbocycles. The Balaban J connectivity index is 1.73. The molecule has 0 aliphatic carbocycles. The summed E-state index contributed by atoms with van der Waals surface area (Å²) in [6.45, 7) is 5.08. The quantitative estimate of drug-likeness (QED) is 0.478. The Hall–Kier alpha value is -3.14. The maximum Gasteiger partial charge on any atom is 0.271 e. The molecule has 2 aromatic rings. The van der Waals surface area contributed by atoms with Crippen LogP contribution in [0.3, 0.4) is 0 Å². The van der Waals surface area contributed by atoms with Gasteiger partial charge in [0.1, 0.15) is 6.54 Å². The first-order valence-electron chi connectivity index (χ1n) is 10.4. The van der Waals surface area contributed by atoms with E-state index in [0.29, 0.717) is 5.56 Å². The van der Waals surface area contributed by atoms with E-state index in [0.717, 1.165) is 34.9 Å². The third-order valence-corrected chi connectivity index (χ3v) is 6.73. The summed E-state index contributed by atoms with van der Waals surface area (Å²) in [5, 5.41) is 13.9. The number of carbonyl (C=O) groups is 1. The molecule has 1 saturated heterocycles. The molecule has 1 atom stereocenters. The number of aryl methyl sites for hydroxylation is 1. The van der Waals surface area contributed by atoms with E-state index in [4.69, 9.17) is 0 Å². The third-order valence-electron chi connectivity index (χ3n) is 5.60. The summed E-state index contributed by atoms with van der Waals surface area (Å²) in [6, 6.07) is 11.6. The number of carbonyl (C=O) groups excluding carboxylic acids is 1. The molecule has 32 heavy (non-hydrogen) atoms. The number of amides is 1. The molecule has 0 spiro atoms. The van der Waals surface area contributed by atoms with Gasteiger partial charge >= 0.3 is 0 Å². The number of nitrogens with zero attached hydrogens (tertiary/aromatic N) is 3. The molecule has 3 rings (SSSR count). The SMILES string of the molecule is Cc1ccc([N+](=O)[O-])cc1N(CC(=O)NC(C)c1ccc(N2CCCC2)cc1)S(C)(=O)=O. The van der Waals surface area contributed by atoms with E-state index in [1.807, 2.05) is 31.2 Å². The number of anilines is 2. The van der Waals surface area contributed by atoms with Gasteiger partial charge in [-0.25, -0.2) is 8.42 Å². The number of nitro groups is 1. The van der Waals surface area contributed by atoms with Crippen molar-refractivity contribution in [2.45, 2.75) is 32.7 Å². The van der Waals surface area contributed by atoms with Gasteiger partial charge in [0.25, 0.3) is 5.69 Å². The van der Waals surface area contributed by atoms with Crippen LogP contribution >= 0.6 is 0 Å². The van der Waals surface area contributed by atoms with Gasteiger partial charge in [-0.15, -0.1) is 0 Å². The van der Waals surface area contributed by atoms with E-state index < -0.39 is 27.4 Å². The molecule has 1 aliphatic rings. The van der Waals surface area contributed by atoms with Gasteiger partial charge in [-0.1, -0.05) is 18.2 Å². The highest BCUT2D eigenvalue weighted by Crippen LogP contribution is 2.28. The van der Waals surface area contributed by atoms with Crippen molar-refractivity contribution in [3.05, 3.63) is 63.7 Å². The second kappa shape index (κ2) is 9.56. The average Bonchev–Trinajstić information content (AvgIpc) is 3.26. The summed E-state index contributed by atoms with van der Waals surface area (Å²) in [7, 11) is -3.85. The standard InChI is InChI=1S/C22H28N4O5S/c1-16-6-9-20(26(28)29)14-21(16)25(32(3,30)31)15-22(27)23-17(2)18-7-10-19(11-8-18)24-12-4-5-13-24/h6-11,14,17H,4-5,12-13,15H2,1-3H3,(H,23,27). The molecule has 1 aliphatic heterocycles. The lowest BCUT2D eigenvalue weighted by atomic mass is 10.1. The number of nitrogens with one attached hydrogen (secondary N) is 1. The number of hydrogen-bond acceptors (Lipinski definition) is 6. The van der Waals surface area contributed by atoms with E-state index in [9.17, 15) is 23.3 Å². The minimum absolute atomic E-state index is 0.111. The highest BCUT2D eigenvalue weighted by molar-refractivity contribution is 7.92. The van der Waals surface area contributed by atoms with Crippen molar-refractivity contribution < 1.29 is 18.1 Å². The molecule has 0 bridgehead atoms. The van der Waals surface area contributed by atoms with Crippen molar-refractivity contribution in [1.29, 1.82) is 0 Å². The fourth-order valence-corrected chi connectivity index (χ4v) is 4.72. The van der Waals surface area contributed by atoms with Crippen LogP contribution < -0.4 is 14.5 Å². The van der Waals surface area contributed by atoms with Crippen LogP contribution in [0.2, 0.25) is 0 Å². The van der Waals surface area contributed by atoms with Crippen LogP contribution in [0.25, 0.3) is 0 Å². The van der Waals surface area contributed by atoms with Gasteiger partial charge in [0.2, 0.25) is 15.9 Å². The van der Waals surface area contributed by atoms with Gasteiger partial charge in [-0.3, -0.25) is 19.2 Å². The van der Waals surface area contributed by atoms with Gasteiger partial charge in [0.05, 0.1) is 22.9 Å². The summed E-state index contributed by atoms with van der Waals surface area (Å²) in [5.41, 5.74) is 2.43. The lowest BCUT2D eigenvalue weighted by Crippen LogP contribution is -2.41. The summed E-state index contributed by atoms with van der Waals surface area (Å²) in [4.78, 5) is 25.5. The molecule has 1 amide bonds. The van der Waals surface area contributed by atoms with E-state index in [2.05, 4.69) is 10.2 Å². The Kier molecular flexibility index (Phi) is 7.02. The van der Waals surface area contributed by atoms with E-state index >= 15 is 0 Å². The van der Waals surface area contributed by atoms with Crippen LogP contribution in [0, 0.1) is 17.0 Å². The zero-order chi connectivity index (χ0) is 23.5. The fourth-order valence-electron chi connectivity index (χ4n) is 3.81. The fraction of sp³-hybridized carbons (Fsp3) is 0.409. The zero-order valence-electron chi connectivity index (χ0n) is 18.4. The molecule has 1 unspecified atom stereocenters. The summed E-state index contributed by atoms with van der Waals surface area (Å²) < 4.78 is 25.7. The number of rotatable bonds is 8. The van der Waals surface area contributed by atoms with Gasteiger partial charge in [-0.2, -0.15) is 0 Å². The Morgan fingerprint density at radius 3 is 2.38 bits per heavy atom. The molecule has 10 heteroatoms. The smallest absolute Gasteiger partial charge is 0.271 e. The number of benzene rings is 2.